The molecule has 0 aliphatic heterocycles. The number of halogens is 1. The van der Waals surface area contributed by atoms with E-state index in [-0.39, 0.29) is 24.3 Å². The van der Waals surface area contributed by atoms with Gasteiger partial charge in [0.15, 0.2) is 0 Å². The zero-order valence-corrected chi connectivity index (χ0v) is 12.8. The SMILES string of the molecule is CC(=O)NC(CC(=O)NCC(C)C)c1ccc(Cl)cc1. The van der Waals surface area contributed by atoms with Crippen LogP contribution in [0.1, 0.15) is 38.8 Å². The molecule has 2 amide bonds. The van der Waals surface area contributed by atoms with Crippen LogP contribution in [0.15, 0.2) is 24.3 Å². The van der Waals surface area contributed by atoms with Crippen LogP contribution in [0.4, 0.5) is 0 Å². The van der Waals surface area contributed by atoms with Crippen LogP contribution < -0.4 is 10.6 Å². The van der Waals surface area contributed by atoms with E-state index in [0.717, 1.165) is 5.56 Å². The van der Waals surface area contributed by atoms with Crippen molar-refractivity contribution >= 4 is 23.4 Å². The largest absolute Gasteiger partial charge is 0.356 e. The lowest BCUT2D eigenvalue weighted by Gasteiger charge is -2.18. The van der Waals surface area contributed by atoms with Crippen molar-refractivity contribution in [3.8, 4) is 0 Å². The standard InChI is InChI=1S/C15H21ClN2O2/c1-10(2)9-17-15(20)8-14(18-11(3)19)12-4-6-13(16)7-5-12/h4-7,10,14H,8-9H2,1-3H3,(H,17,20)(H,18,19). The summed E-state index contributed by atoms with van der Waals surface area (Å²) in [6, 6.07) is 6.80. The van der Waals surface area contributed by atoms with Crippen molar-refractivity contribution in [1.29, 1.82) is 0 Å². The number of hydrogen-bond donors (Lipinski definition) is 2. The maximum atomic E-state index is 11.9. The molecule has 0 aliphatic rings. The van der Waals surface area contributed by atoms with Gasteiger partial charge in [0, 0.05) is 18.5 Å². The van der Waals surface area contributed by atoms with Crippen molar-refractivity contribution in [2.24, 2.45) is 5.92 Å². The van der Waals surface area contributed by atoms with Gasteiger partial charge in [-0.15, -0.1) is 0 Å². The molecule has 0 bridgehead atoms. The third-order valence-electron chi connectivity index (χ3n) is 2.75. The Balaban J connectivity index is 2.71. The first-order chi connectivity index (χ1) is 9.38. The molecule has 1 unspecified atom stereocenters. The molecular weight excluding hydrogens is 276 g/mol. The summed E-state index contributed by atoms with van der Waals surface area (Å²) in [7, 11) is 0. The number of carbonyl (C=O) groups is 2. The normalized spacial score (nSPS) is 12.1. The predicted molar refractivity (Wildman–Crippen MR) is 80.5 cm³/mol. The number of nitrogens with one attached hydrogen (secondary N) is 2. The van der Waals surface area contributed by atoms with E-state index in [1.165, 1.54) is 6.92 Å². The second kappa shape index (κ2) is 7.90. The number of rotatable bonds is 6. The van der Waals surface area contributed by atoms with Crippen molar-refractivity contribution in [3.05, 3.63) is 34.9 Å². The molecule has 0 radical (unpaired) electrons. The predicted octanol–water partition coefficient (Wildman–Crippen LogP) is 2.68. The van der Waals surface area contributed by atoms with E-state index in [1.807, 2.05) is 26.0 Å². The van der Waals surface area contributed by atoms with Crippen molar-refractivity contribution in [1.82, 2.24) is 10.6 Å². The van der Waals surface area contributed by atoms with Crippen LogP contribution in [0.25, 0.3) is 0 Å². The van der Waals surface area contributed by atoms with E-state index in [2.05, 4.69) is 10.6 Å². The highest BCUT2D eigenvalue weighted by molar-refractivity contribution is 6.30. The Morgan fingerprint density at radius 3 is 2.30 bits per heavy atom. The Hall–Kier alpha value is -1.55. The van der Waals surface area contributed by atoms with Crippen molar-refractivity contribution in [3.63, 3.8) is 0 Å². The molecule has 110 valence electrons. The van der Waals surface area contributed by atoms with Gasteiger partial charge in [0.25, 0.3) is 0 Å². The molecule has 0 heterocycles. The lowest BCUT2D eigenvalue weighted by Crippen LogP contribution is -2.34. The van der Waals surface area contributed by atoms with E-state index in [1.54, 1.807) is 12.1 Å². The lowest BCUT2D eigenvalue weighted by molar-refractivity contribution is -0.122. The highest BCUT2D eigenvalue weighted by Gasteiger charge is 2.17. The molecule has 20 heavy (non-hydrogen) atoms. The summed E-state index contributed by atoms with van der Waals surface area (Å²) in [5.74, 6) is 0.155. The van der Waals surface area contributed by atoms with Crippen LogP contribution in [-0.4, -0.2) is 18.4 Å². The van der Waals surface area contributed by atoms with Gasteiger partial charge in [-0.3, -0.25) is 9.59 Å². The molecular formula is C15H21ClN2O2. The molecule has 1 aromatic rings. The van der Waals surface area contributed by atoms with Gasteiger partial charge in [0.1, 0.15) is 0 Å². The van der Waals surface area contributed by atoms with E-state index < -0.39 is 0 Å². The molecule has 5 heteroatoms. The summed E-state index contributed by atoms with van der Waals surface area (Å²) in [4.78, 5) is 23.2. The fourth-order valence-electron chi connectivity index (χ4n) is 1.77. The van der Waals surface area contributed by atoms with Gasteiger partial charge in [-0.2, -0.15) is 0 Å². The van der Waals surface area contributed by atoms with Gasteiger partial charge >= 0.3 is 0 Å². The highest BCUT2D eigenvalue weighted by Crippen LogP contribution is 2.19. The topological polar surface area (TPSA) is 58.2 Å². The summed E-state index contributed by atoms with van der Waals surface area (Å²) < 4.78 is 0. The molecule has 0 saturated heterocycles. The van der Waals surface area contributed by atoms with Gasteiger partial charge < -0.3 is 10.6 Å². The zero-order chi connectivity index (χ0) is 15.1. The summed E-state index contributed by atoms with van der Waals surface area (Å²) >= 11 is 5.85. The second-order valence-corrected chi connectivity index (χ2v) is 5.64. The van der Waals surface area contributed by atoms with Crippen LogP contribution in [0.2, 0.25) is 5.02 Å². The Morgan fingerprint density at radius 2 is 1.80 bits per heavy atom. The minimum absolute atomic E-state index is 0.0765. The Labute approximate surface area is 124 Å². The van der Waals surface area contributed by atoms with Crippen LogP contribution >= 0.6 is 11.6 Å². The third-order valence-corrected chi connectivity index (χ3v) is 3.00. The molecule has 1 rings (SSSR count). The van der Waals surface area contributed by atoms with Gasteiger partial charge in [-0.25, -0.2) is 0 Å². The average Bonchev–Trinajstić information content (AvgIpc) is 2.36. The minimum Gasteiger partial charge on any atom is -0.356 e. The molecule has 1 aromatic carbocycles. The van der Waals surface area contributed by atoms with Gasteiger partial charge in [0.2, 0.25) is 11.8 Å². The first-order valence-corrected chi connectivity index (χ1v) is 7.05. The van der Waals surface area contributed by atoms with Gasteiger partial charge in [-0.05, 0) is 23.6 Å². The fourth-order valence-corrected chi connectivity index (χ4v) is 1.89. The molecule has 0 spiro atoms. The average molecular weight is 297 g/mol. The minimum atomic E-state index is -0.336. The number of benzene rings is 1. The lowest BCUT2D eigenvalue weighted by atomic mass is 10.0. The van der Waals surface area contributed by atoms with E-state index in [0.29, 0.717) is 17.5 Å². The maximum absolute atomic E-state index is 11.9. The zero-order valence-electron chi connectivity index (χ0n) is 12.1. The van der Waals surface area contributed by atoms with Crippen LogP contribution in [0, 0.1) is 5.92 Å². The van der Waals surface area contributed by atoms with Crippen LogP contribution in [0.3, 0.4) is 0 Å². The van der Waals surface area contributed by atoms with E-state index in [4.69, 9.17) is 11.6 Å². The second-order valence-electron chi connectivity index (χ2n) is 5.21. The van der Waals surface area contributed by atoms with E-state index in [9.17, 15) is 9.59 Å². The molecule has 1 atom stereocenters. The molecule has 0 aliphatic carbocycles. The quantitative estimate of drug-likeness (QED) is 0.848. The molecule has 4 nitrogen and oxygen atoms in total. The fraction of sp³-hybridized carbons (Fsp3) is 0.467. The smallest absolute Gasteiger partial charge is 0.222 e. The van der Waals surface area contributed by atoms with Crippen molar-refractivity contribution < 1.29 is 9.59 Å². The van der Waals surface area contributed by atoms with Crippen LogP contribution in [0.5, 0.6) is 0 Å². The summed E-state index contributed by atoms with van der Waals surface area (Å²) in [6.07, 6.45) is 0.216. The first kappa shape index (κ1) is 16.5. The molecule has 0 saturated carbocycles. The summed E-state index contributed by atoms with van der Waals surface area (Å²) in [5, 5.41) is 6.27. The number of carbonyl (C=O) groups excluding carboxylic acids is 2. The third kappa shape index (κ3) is 6.06. The van der Waals surface area contributed by atoms with Gasteiger partial charge in [0.05, 0.1) is 12.5 Å². The van der Waals surface area contributed by atoms with Gasteiger partial charge in [-0.1, -0.05) is 37.6 Å². The van der Waals surface area contributed by atoms with Crippen LogP contribution in [-0.2, 0) is 9.59 Å². The molecule has 2 N–H and O–H groups in total. The molecule has 0 aromatic heterocycles. The van der Waals surface area contributed by atoms with Crippen molar-refractivity contribution in [2.75, 3.05) is 6.54 Å². The Morgan fingerprint density at radius 1 is 1.20 bits per heavy atom. The Kier molecular flexibility index (Phi) is 6.52. The van der Waals surface area contributed by atoms with Crippen molar-refractivity contribution in [2.45, 2.75) is 33.2 Å². The molecule has 0 fully saturated rings. The number of amides is 2. The Bertz CT molecular complexity index is 457. The monoisotopic (exact) mass is 296 g/mol. The summed E-state index contributed by atoms with van der Waals surface area (Å²) in [6.45, 7) is 6.14. The number of hydrogen-bond acceptors (Lipinski definition) is 2. The maximum Gasteiger partial charge on any atom is 0.222 e. The van der Waals surface area contributed by atoms with E-state index >= 15 is 0 Å². The summed E-state index contributed by atoms with van der Waals surface area (Å²) in [5.41, 5.74) is 0.865. The highest BCUT2D eigenvalue weighted by atomic mass is 35.5. The first-order valence-electron chi connectivity index (χ1n) is 6.67.